The Morgan fingerprint density at radius 1 is 1.40 bits per heavy atom. The van der Waals surface area contributed by atoms with E-state index in [1.54, 1.807) is 12.1 Å². The first-order chi connectivity index (χ1) is 9.43. The Kier molecular flexibility index (Phi) is 6.44. The number of aliphatic carboxylic acids is 1. The van der Waals surface area contributed by atoms with Gasteiger partial charge in [-0.05, 0) is 31.0 Å². The number of hydrogen-bond acceptors (Lipinski definition) is 5. The molecule has 5 N–H and O–H groups in total. The van der Waals surface area contributed by atoms with Crippen molar-refractivity contribution in [3.63, 3.8) is 0 Å². The summed E-state index contributed by atoms with van der Waals surface area (Å²) in [5.41, 5.74) is 0.949. The van der Waals surface area contributed by atoms with Crippen LogP contribution in [0.3, 0.4) is 0 Å². The van der Waals surface area contributed by atoms with E-state index in [-0.39, 0.29) is 31.4 Å². The number of carboxylic acids is 1. The lowest BCUT2D eigenvalue weighted by Gasteiger charge is -2.17. The predicted molar refractivity (Wildman–Crippen MR) is 73.3 cm³/mol. The monoisotopic (exact) mass is 283 g/mol. The van der Waals surface area contributed by atoms with Gasteiger partial charge in [-0.2, -0.15) is 0 Å². The number of carbonyl (C=O) groups is 1. The zero-order chi connectivity index (χ0) is 15.1. The highest BCUT2D eigenvalue weighted by molar-refractivity contribution is 5.66. The van der Waals surface area contributed by atoms with E-state index in [9.17, 15) is 15.0 Å². The highest BCUT2D eigenvalue weighted by Crippen LogP contribution is 2.22. The summed E-state index contributed by atoms with van der Waals surface area (Å²) < 4.78 is 0. The molecule has 0 radical (unpaired) electrons. The van der Waals surface area contributed by atoms with Crippen LogP contribution in [-0.2, 0) is 11.4 Å². The van der Waals surface area contributed by atoms with Gasteiger partial charge in [0.15, 0.2) is 0 Å². The van der Waals surface area contributed by atoms with E-state index in [0.29, 0.717) is 17.5 Å². The lowest BCUT2D eigenvalue weighted by molar-refractivity contribution is -0.137. The maximum atomic E-state index is 10.4. The molecule has 0 spiro atoms. The first-order valence-corrected chi connectivity index (χ1v) is 6.50. The summed E-state index contributed by atoms with van der Waals surface area (Å²) >= 11 is 0. The van der Waals surface area contributed by atoms with Crippen molar-refractivity contribution in [3.8, 4) is 5.75 Å². The summed E-state index contributed by atoms with van der Waals surface area (Å²) in [6, 6.07) is 4.54. The quantitative estimate of drug-likeness (QED) is 0.482. The second-order valence-electron chi connectivity index (χ2n) is 4.80. The van der Waals surface area contributed by atoms with E-state index >= 15 is 0 Å². The molecular weight excluding hydrogens is 262 g/mol. The summed E-state index contributed by atoms with van der Waals surface area (Å²) in [5.74, 6) is -0.850. The van der Waals surface area contributed by atoms with Gasteiger partial charge >= 0.3 is 5.97 Å². The second-order valence-corrected chi connectivity index (χ2v) is 4.80. The Labute approximate surface area is 117 Å². The maximum Gasteiger partial charge on any atom is 0.303 e. The van der Waals surface area contributed by atoms with E-state index in [0.717, 1.165) is 0 Å². The topological polar surface area (TPSA) is 110 Å². The number of aliphatic hydroxyl groups is 2. The SMILES string of the molecule is CC(CCC(=O)O)NCC(O)c1ccc(O)c(CO)c1. The van der Waals surface area contributed by atoms with Gasteiger partial charge in [-0.3, -0.25) is 4.79 Å². The van der Waals surface area contributed by atoms with Gasteiger partial charge in [0.25, 0.3) is 0 Å². The molecule has 0 amide bonds. The minimum Gasteiger partial charge on any atom is -0.508 e. The van der Waals surface area contributed by atoms with Gasteiger partial charge in [0.2, 0.25) is 0 Å². The highest BCUT2D eigenvalue weighted by atomic mass is 16.4. The van der Waals surface area contributed by atoms with Crippen LogP contribution in [0.15, 0.2) is 18.2 Å². The largest absolute Gasteiger partial charge is 0.508 e. The summed E-state index contributed by atoms with van der Waals surface area (Å²) in [6.07, 6.45) is -0.217. The fourth-order valence-electron chi connectivity index (χ4n) is 1.81. The fourth-order valence-corrected chi connectivity index (χ4v) is 1.81. The van der Waals surface area contributed by atoms with Gasteiger partial charge in [0.1, 0.15) is 5.75 Å². The molecule has 0 aromatic heterocycles. The van der Waals surface area contributed by atoms with E-state index in [2.05, 4.69) is 5.32 Å². The fraction of sp³-hybridized carbons (Fsp3) is 0.500. The summed E-state index contributed by atoms with van der Waals surface area (Å²) in [6.45, 7) is 1.83. The van der Waals surface area contributed by atoms with Crippen molar-refractivity contribution in [1.29, 1.82) is 0 Å². The van der Waals surface area contributed by atoms with Crippen LogP contribution in [0.1, 0.15) is 37.0 Å². The Morgan fingerprint density at radius 3 is 2.70 bits per heavy atom. The van der Waals surface area contributed by atoms with Gasteiger partial charge in [-0.25, -0.2) is 0 Å². The maximum absolute atomic E-state index is 10.4. The Morgan fingerprint density at radius 2 is 2.10 bits per heavy atom. The van der Waals surface area contributed by atoms with Gasteiger partial charge in [-0.1, -0.05) is 6.07 Å². The highest BCUT2D eigenvalue weighted by Gasteiger charge is 2.12. The van der Waals surface area contributed by atoms with Crippen LogP contribution >= 0.6 is 0 Å². The van der Waals surface area contributed by atoms with Crippen LogP contribution in [0.4, 0.5) is 0 Å². The number of rotatable bonds is 8. The van der Waals surface area contributed by atoms with Crippen molar-refractivity contribution in [3.05, 3.63) is 29.3 Å². The molecule has 1 rings (SSSR count). The van der Waals surface area contributed by atoms with Crippen LogP contribution in [-0.4, -0.2) is 39.0 Å². The van der Waals surface area contributed by atoms with Crippen molar-refractivity contribution < 1.29 is 25.2 Å². The van der Waals surface area contributed by atoms with E-state index < -0.39 is 12.1 Å². The number of nitrogens with one attached hydrogen (secondary N) is 1. The first-order valence-electron chi connectivity index (χ1n) is 6.50. The lowest BCUT2D eigenvalue weighted by atomic mass is 10.0. The van der Waals surface area contributed by atoms with Crippen LogP contribution in [0.5, 0.6) is 5.75 Å². The average Bonchev–Trinajstić information content (AvgIpc) is 2.42. The predicted octanol–water partition coefficient (Wildman–Crippen LogP) is 0.761. The number of phenols is 1. The molecule has 0 bridgehead atoms. The van der Waals surface area contributed by atoms with Gasteiger partial charge < -0.3 is 25.7 Å². The zero-order valence-corrected chi connectivity index (χ0v) is 11.4. The van der Waals surface area contributed by atoms with Crippen LogP contribution in [0, 0.1) is 0 Å². The Balaban J connectivity index is 2.50. The number of carboxylic acid groups (broad SMARTS) is 1. The lowest BCUT2D eigenvalue weighted by Crippen LogP contribution is -2.30. The van der Waals surface area contributed by atoms with E-state index in [4.69, 9.17) is 10.2 Å². The van der Waals surface area contributed by atoms with Gasteiger partial charge in [0.05, 0.1) is 12.7 Å². The Bertz CT molecular complexity index is 449. The van der Waals surface area contributed by atoms with Crippen LogP contribution in [0.25, 0.3) is 0 Å². The van der Waals surface area contributed by atoms with Crippen LogP contribution < -0.4 is 5.32 Å². The molecule has 1 aromatic carbocycles. The number of aromatic hydroxyl groups is 1. The minimum absolute atomic E-state index is 0.00812. The minimum atomic E-state index is -0.842. The second kappa shape index (κ2) is 7.84. The molecule has 2 unspecified atom stereocenters. The van der Waals surface area contributed by atoms with Crippen molar-refractivity contribution in [2.24, 2.45) is 0 Å². The molecule has 112 valence electrons. The summed E-state index contributed by atoms with van der Waals surface area (Å²) in [4.78, 5) is 10.4. The molecule has 0 heterocycles. The number of aliphatic hydroxyl groups excluding tert-OH is 2. The van der Waals surface area contributed by atoms with E-state index in [1.807, 2.05) is 6.92 Å². The molecule has 0 aliphatic carbocycles. The number of benzene rings is 1. The Hall–Kier alpha value is -1.63. The van der Waals surface area contributed by atoms with Crippen molar-refractivity contribution in [1.82, 2.24) is 5.32 Å². The third-order valence-corrected chi connectivity index (χ3v) is 3.11. The average molecular weight is 283 g/mol. The molecule has 20 heavy (non-hydrogen) atoms. The normalized spacial score (nSPS) is 13.9. The van der Waals surface area contributed by atoms with E-state index in [1.165, 1.54) is 6.07 Å². The number of hydrogen-bond donors (Lipinski definition) is 5. The van der Waals surface area contributed by atoms with Gasteiger partial charge in [-0.15, -0.1) is 0 Å². The third-order valence-electron chi connectivity index (χ3n) is 3.11. The molecule has 0 saturated carbocycles. The standard InChI is InChI=1S/C14H21NO5/c1-9(2-5-14(19)20)15-7-13(18)10-3-4-12(17)11(6-10)8-16/h3-4,6,9,13,15-18H,2,5,7-8H2,1H3,(H,19,20). The summed E-state index contributed by atoms with van der Waals surface area (Å²) in [5, 5.41) is 40.1. The van der Waals surface area contributed by atoms with Crippen molar-refractivity contribution in [2.75, 3.05) is 6.54 Å². The molecule has 2 atom stereocenters. The molecule has 0 saturated heterocycles. The summed E-state index contributed by atoms with van der Waals surface area (Å²) in [7, 11) is 0. The molecule has 6 heteroatoms. The molecule has 1 aromatic rings. The smallest absolute Gasteiger partial charge is 0.303 e. The zero-order valence-electron chi connectivity index (χ0n) is 11.4. The van der Waals surface area contributed by atoms with Crippen LogP contribution in [0.2, 0.25) is 0 Å². The molecule has 0 fully saturated rings. The molecule has 0 aliphatic rings. The van der Waals surface area contributed by atoms with Crippen molar-refractivity contribution in [2.45, 2.75) is 38.5 Å². The molecule has 6 nitrogen and oxygen atoms in total. The third kappa shape index (κ3) is 5.16. The van der Waals surface area contributed by atoms with Gasteiger partial charge in [0, 0.05) is 24.6 Å². The molecule has 0 aliphatic heterocycles. The van der Waals surface area contributed by atoms with Crippen molar-refractivity contribution >= 4 is 5.97 Å². The molecular formula is C14H21NO5. The first kappa shape index (κ1) is 16.4.